The average molecular weight is 322 g/mol. The van der Waals surface area contributed by atoms with Gasteiger partial charge in [-0.1, -0.05) is 6.92 Å². The summed E-state index contributed by atoms with van der Waals surface area (Å²) in [7, 11) is -3.53. The highest BCUT2D eigenvalue weighted by atomic mass is 32.2. The first-order chi connectivity index (χ1) is 10.4. The van der Waals surface area contributed by atoms with Crippen LogP contribution in [0.5, 0.6) is 0 Å². The van der Waals surface area contributed by atoms with Crippen molar-refractivity contribution in [2.24, 2.45) is 5.92 Å². The largest absolute Gasteiger partial charge is 0.447 e. The van der Waals surface area contributed by atoms with Gasteiger partial charge in [0.25, 0.3) is 0 Å². The summed E-state index contributed by atoms with van der Waals surface area (Å²) in [6, 6.07) is 7.31. The fourth-order valence-electron chi connectivity index (χ4n) is 2.46. The Labute approximate surface area is 130 Å². The first-order valence-electron chi connectivity index (χ1n) is 7.09. The van der Waals surface area contributed by atoms with Crippen molar-refractivity contribution in [3.8, 4) is 6.07 Å². The molecule has 1 aliphatic heterocycles. The number of benzene rings is 1. The van der Waals surface area contributed by atoms with Crippen LogP contribution in [0.3, 0.4) is 0 Å². The quantitative estimate of drug-likeness (QED) is 0.789. The molecule has 0 bridgehead atoms. The maximum absolute atomic E-state index is 12.6. The molecular formula is C15H18N2O4S. The maximum atomic E-state index is 12.6. The van der Waals surface area contributed by atoms with Gasteiger partial charge in [0, 0.05) is 13.1 Å². The molecule has 1 atom stereocenters. The topological polar surface area (TPSA) is 87.5 Å². The third-order valence-corrected chi connectivity index (χ3v) is 5.49. The van der Waals surface area contributed by atoms with Crippen molar-refractivity contribution in [3.05, 3.63) is 29.8 Å². The number of rotatable bonds is 4. The van der Waals surface area contributed by atoms with Gasteiger partial charge in [-0.05, 0) is 43.0 Å². The summed E-state index contributed by atoms with van der Waals surface area (Å²) >= 11 is 0. The van der Waals surface area contributed by atoms with Crippen LogP contribution in [-0.4, -0.2) is 38.4 Å². The van der Waals surface area contributed by atoms with E-state index in [-0.39, 0.29) is 17.1 Å². The zero-order valence-electron chi connectivity index (χ0n) is 12.4. The van der Waals surface area contributed by atoms with E-state index in [1.807, 2.05) is 6.92 Å². The van der Waals surface area contributed by atoms with E-state index in [0.717, 1.165) is 12.8 Å². The molecule has 2 rings (SSSR count). The first kappa shape index (κ1) is 16.5. The van der Waals surface area contributed by atoms with Crippen LogP contribution >= 0.6 is 0 Å². The smallest absolute Gasteiger partial charge is 0.339 e. The Morgan fingerprint density at radius 2 is 2.09 bits per heavy atom. The van der Waals surface area contributed by atoms with Gasteiger partial charge in [0.15, 0.2) is 6.61 Å². The minimum atomic E-state index is -3.53. The van der Waals surface area contributed by atoms with E-state index in [0.29, 0.717) is 19.0 Å². The van der Waals surface area contributed by atoms with E-state index in [2.05, 4.69) is 4.74 Å². The summed E-state index contributed by atoms with van der Waals surface area (Å²) in [6.45, 7) is 2.76. The number of carbonyl (C=O) groups excluding carboxylic acids is 1. The van der Waals surface area contributed by atoms with Crippen LogP contribution in [0.4, 0.5) is 0 Å². The van der Waals surface area contributed by atoms with Gasteiger partial charge in [-0.2, -0.15) is 9.57 Å². The molecular weight excluding hydrogens is 304 g/mol. The standard InChI is InChI=1S/C15H18N2O4S/c1-12-3-2-9-17(11-12)22(19,20)14-6-4-13(5-7-14)15(18)21-10-8-16/h4-7,12H,2-3,9-11H2,1H3/t12-/m0/s1. The normalized spacial score (nSPS) is 19.4. The molecule has 0 unspecified atom stereocenters. The summed E-state index contributed by atoms with van der Waals surface area (Å²) in [5.74, 6) is -0.291. The number of hydrogen-bond donors (Lipinski definition) is 0. The Morgan fingerprint density at radius 1 is 1.41 bits per heavy atom. The van der Waals surface area contributed by atoms with Gasteiger partial charge in [0.1, 0.15) is 6.07 Å². The van der Waals surface area contributed by atoms with Crippen molar-refractivity contribution in [2.75, 3.05) is 19.7 Å². The molecule has 0 aliphatic carbocycles. The molecule has 1 saturated heterocycles. The SMILES string of the molecule is C[C@H]1CCCN(S(=O)(=O)c2ccc(C(=O)OCC#N)cc2)C1. The molecule has 0 spiro atoms. The highest BCUT2D eigenvalue weighted by Crippen LogP contribution is 2.23. The Morgan fingerprint density at radius 3 is 2.68 bits per heavy atom. The molecule has 1 aromatic carbocycles. The first-order valence-corrected chi connectivity index (χ1v) is 8.53. The van der Waals surface area contributed by atoms with E-state index in [1.165, 1.54) is 28.6 Å². The second kappa shape index (κ2) is 6.90. The van der Waals surface area contributed by atoms with E-state index in [9.17, 15) is 13.2 Å². The predicted octanol–water partition coefficient (Wildman–Crippen LogP) is 1.79. The fourth-order valence-corrected chi connectivity index (χ4v) is 4.06. The van der Waals surface area contributed by atoms with E-state index in [4.69, 9.17) is 5.26 Å². The monoisotopic (exact) mass is 322 g/mol. The molecule has 118 valence electrons. The van der Waals surface area contributed by atoms with Crippen molar-refractivity contribution in [3.63, 3.8) is 0 Å². The number of esters is 1. The number of carbonyl (C=O) groups is 1. The van der Waals surface area contributed by atoms with Gasteiger partial charge in [0.2, 0.25) is 10.0 Å². The summed E-state index contributed by atoms with van der Waals surface area (Å²) in [5, 5.41) is 8.37. The van der Waals surface area contributed by atoms with Gasteiger partial charge in [-0.15, -0.1) is 0 Å². The molecule has 0 N–H and O–H groups in total. The highest BCUT2D eigenvalue weighted by molar-refractivity contribution is 7.89. The fraction of sp³-hybridized carbons (Fsp3) is 0.467. The molecule has 1 heterocycles. The summed E-state index contributed by atoms with van der Waals surface area (Å²) in [6.07, 6.45) is 1.90. The predicted molar refractivity (Wildman–Crippen MR) is 79.5 cm³/mol. The van der Waals surface area contributed by atoms with Crippen LogP contribution in [0.15, 0.2) is 29.2 Å². The van der Waals surface area contributed by atoms with Crippen LogP contribution in [0.2, 0.25) is 0 Å². The zero-order valence-corrected chi connectivity index (χ0v) is 13.2. The van der Waals surface area contributed by atoms with Crippen molar-refractivity contribution >= 4 is 16.0 Å². The van der Waals surface area contributed by atoms with Crippen LogP contribution in [0.25, 0.3) is 0 Å². The number of sulfonamides is 1. The van der Waals surface area contributed by atoms with Crippen molar-refractivity contribution in [2.45, 2.75) is 24.7 Å². The third kappa shape index (κ3) is 3.64. The third-order valence-electron chi connectivity index (χ3n) is 3.62. The molecule has 1 aromatic rings. The van der Waals surface area contributed by atoms with Crippen LogP contribution in [0.1, 0.15) is 30.1 Å². The number of hydrogen-bond acceptors (Lipinski definition) is 5. The maximum Gasteiger partial charge on any atom is 0.339 e. The van der Waals surface area contributed by atoms with E-state index in [1.54, 1.807) is 6.07 Å². The second-order valence-corrected chi connectivity index (χ2v) is 7.31. The Kier molecular flexibility index (Phi) is 5.16. The van der Waals surface area contributed by atoms with Crippen molar-refractivity contribution in [1.29, 1.82) is 5.26 Å². The number of nitriles is 1. The van der Waals surface area contributed by atoms with Gasteiger partial charge in [0.05, 0.1) is 10.5 Å². The van der Waals surface area contributed by atoms with Gasteiger partial charge >= 0.3 is 5.97 Å². The molecule has 1 fully saturated rings. The molecule has 22 heavy (non-hydrogen) atoms. The molecule has 0 saturated carbocycles. The summed E-state index contributed by atoms with van der Waals surface area (Å²) in [4.78, 5) is 11.7. The molecule has 7 heteroatoms. The van der Waals surface area contributed by atoms with Crippen LogP contribution in [0, 0.1) is 17.2 Å². The molecule has 1 aliphatic rings. The van der Waals surface area contributed by atoms with Crippen LogP contribution < -0.4 is 0 Å². The van der Waals surface area contributed by atoms with Crippen LogP contribution in [-0.2, 0) is 14.8 Å². The van der Waals surface area contributed by atoms with Gasteiger partial charge in [-0.3, -0.25) is 0 Å². The average Bonchev–Trinajstić information content (AvgIpc) is 2.52. The second-order valence-electron chi connectivity index (χ2n) is 5.37. The Bertz CT molecular complexity index is 676. The molecule has 6 nitrogen and oxygen atoms in total. The van der Waals surface area contributed by atoms with Crippen molar-refractivity contribution in [1.82, 2.24) is 4.31 Å². The van der Waals surface area contributed by atoms with Crippen molar-refractivity contribution < 1.29 is 17.9 Å². The Hall–Kier alpha value is -1.91. The number of nitrogens with zero attached hydrogens (tertiary/aromatic N) is 2. The van der Waals surface area contributed by atoms with Gasteiger partial charge < -0.3 is 4.74 Å². The lowest BCUT2D eigenvalue weighted by atomic mass is 10.0. The van der Waals surface area contributed by atoms with E-state index >= 15 is 0 Å². The van der Waals surface area contributed by atoms with E-state index < -0.39 is 16.0 Å². The number of piperidine rings is 1. The molecule has 0 radical (unpaired) electrons. The Balaban J connectivity index is 2.15. The molecule has 0 amide bonds. The lowest BCUT2D eigenvalue weighted by Gasteiger charge is -2.30. The lowest BCUT2D eigenvalue weighted by Crippen LogP contribution is -2.39. The highest BCUT2D eigenvalue weighted by Gasteiger charge is 2.28. The zero-order chi connectivity index (χ0) is 16.2. The summed E-state index contributed by atoms with van der Waals surface area (Å²) < 4.78 is 31.3. The minimum absolute atomic E-state index is 0.165. The molecule has 0 aromatic heterocycles. The lowest BCUT2D eigenvalue weighted by molar-refractivity contribution is 0.0555. The minimum Gasteiger partial charge on any atom is -0.447 e. The number of ether oxygens (including phenoxy) is 1. The van der Waals surface area contributed by atoms with Gasteiger partial charge in [-0.25, -0.2) is 13.2 Å². The summed E-state index contributed by atoms with van der Waals surface area (Å²) in [5.41, 5.74) is 0.223.